The SMILES string of the molecule is CCOc1ccc2c(c1)NC1(CCN(C(=O)Cc3csc(C)n3)CC1)c1cccn1-2. The van der Waals surface area contributed by atoms with Crippen molar-refractivity contribution in [2.24, 2.45) is 0 Å². The molecule has 1 saturated heterocycles. The summed E-state index contributed by atoms with van der Waals surface area (Å²) in [5.74, 6) is 1.04. The summed E-state index contributed by atoms with van der Waals surface area (Å²) < 4.78 is 7.99. The summed E-state index contributed by atoms with van der Waals surface area (Å²) >= 11 is 1.60. The number of nitrogens with zero attached hydrogens (tertiary/aromatic N) is 3. The fraction of sp³-hybridized carbons (Fsp3) is 0.391. The molecule has 2 aromatic heterocycles. The van der Waals surface area contributed by atoms with Crippen LogP contribution in [0.1, 0.15) is 36.2 Å². The largest absolute Gasteiger partial charge is 0.494 e. The summed E-state index contributed by atoms with van der Waals surface area (Å²) in [6.45, 7) is 6.09. The number of hydrogen-bond donors (Lipinski definition) is 1. The van der Waals surface area contributed by atoms with Gasteiger partial charge in [0.05, 0.1) is 40.6 Å². The van der Waals surface area contributed by atoms with Gasteiger partial charge in [-0.15, -0.1) is 11.3 Å². The molecule has 30 heavy (non-hydrogen) atoms. The monoisotopic (exact) mass is 422 g/mol. The van der Waals surface area contributed by atoms with Crippen LogP contribution in [0, 0.1) is 6.92 Å². The van der Waals surface area contributed by atoms with E-state index in [0.717, 1.165) is 53.8 Å². The Morgan fingerprint density at radius 2 is 2.13 bits per heavy atom. The zero-order chi connectivity index (χ0) is 20.7. The number of piperidine rings is 1. The number of rotatable bonds is 4. The lowest BCUT2D eigenvalue weighted by Gasteiger charge is -2.46. The third-order valence-electron chi connectivity index (χ3n) is 6.12. The molecule has 0 radical (unpaired) electrons. The predicted molar refractivity (Wildman–Crippen MR) is 119 cm³/mol. The number of thiazole rings is 1. The number of likely N-dealkylation sites (tertiary alicyclic amines) is 1. The highest BCUT2D eigenvalue weighted by atomic mass is 32.1. The van der Waals surface area contributed by atoms with Crippen molar-refractivity contribution in [2.45, 2.75) is 38.6 Å². The molecular weight excluding hydrogens is 396 g/mol. The number of fused-ring (bicyclic) bond motifs is 4. The number of aryl methyl sites for hydroxylation is 1. The van der Waals surface area contributed by atoms with E-state index in [-0.39, 0.29) is 11.4 Å². The zero-order valence-corrected chi connectivity index (χ0v) is 18.2. The van der Waals surface area contributed by atoms with Gasteiger partial charge >= 0.3 is 0 Å². The van der Waals surface area contributed by atoms with Gasteiger partial charge in [-0.25, -0.2) is 4.98 Å². The Labute approximate surface area is 180 Å². The van der Waals surface area contributed by atoms with Gasteiger partial charge in [0, 0.05) is 36.4 Å². The molecule has 1 fully saturated rings. The number of aromatic nitrogens is 2. The minimum absolute atomic E-state index is 0.167. The lowest BCUT2D eigenvalue weighted by Crippen LogP contribution is -2.51. The number of carbonyl (C=O) groups excluding carboxylic acids is 1. The van der Waals surface area contributed by atoms with Crippen LogP contribution in [0.15, 0.2) is 41.9 Å². The lowest BCUT2D eigenvalue weighted by atomic mass is 9.82. The number of ether oxygens (including phenoxy) is 1. The van der Waals surface area contributed by atoms with Crippen LogP contribution in [0.2, 0.25) is 0 Å². The first-order valence-corrected chi connectivity index (χ1v) is 11.4. The van der Waals surface area contributed by atoms with Crippen LogP contribution in [-0.4, -0.2) is 40.1 Å². The van der Waals surface area contributed by atoms with Gasteiger partial charge in [0.15, 0.2) is 0 Å². The third-order valence-corrected chi connectivity index (χ3v) is 6.94. The van der Waals surface area contributed by atoms with Crippen molar-refractivity contribution in [3.8, 4) is 11.4 Å². The van der Waals surface area contributed by atoms with E-state index in [0.29, 0.717) is 13.0 Å². The quantitative estimate of drug-likeness (QED) is 0.687. The third kappa shape index (κ3) is 3.27. The molecule has 1 N–H and O–H groups in total. The van der Waals surface area contributed by atoms with E-state index in [1.165, 1.54) is 5.69 Å². The Bertz CT molecular complexity index is 1080. The van der Waals surface area contributed by atoms with Crippen LogP contribution in [0.4, 0.5) is 5.69 Å². The van der Waals surface area contributed by atoms with Crippen LogP contribution < -0.4 is 10.1 Å². The molecule has 0 saturated carbocycles. The Hall–Kier alpha value is -2.80. The van der Waals surface area contributed by atoms with Crippen LogP contribution in [0.25, 0.3) is 5.69 Å². The minimum Gasteiger partial charge on any atom is -0.494 e. The lowest BCUT2D eigenvalue weighted by molar-refractivity contribution is -0.132. The number of carbonyl (C=O) groups is 1. The second kappa shape index (κ2) is 7.47. The van der Waals surface area contributed by atoms with Gasteiger partial charge in [0.2, 0.25) is 5.91 Å². The normalized spacial score (nSPS) is 16.7. The minimum atomic E-state index is -0.171. The molecule has 3 aromatic rings. The molecule has 0 bridgehead atoms. The first-order valence-electron chi connectivity index (χ1n) is 10.5. The molecule has 0 atom stereocenters. The summed E-state index contributed by atoms with van der Waals surface area (Å²) in [4.78, 5) is 19.2. The Morgan fingerprint density at radius 3 is 2.87 bits per heavy atom. The number of benzene rings is 1. The van der Waals surface area contributed by atoms with Crippen LogP contribution in [0.3, 0.4) is 0 Å². The van der Waals surface area contributed by atoms with Crippen LogP contribution in [-0.2, 0) is 16.8 Å². The predicted octanol–water partition coefficient (Wildman–Crippen LogP) is 4.13. The second-order valence-corrected chi connectivity index (χ2v) is 9.06. The van der Waals surface area contributed by atoms with Crippen molar-refractivity contribution in [1.82, 2.24) is 14.5 Å². The number of hydrogen-bond acceptors (Lipinski definition) is 5. The molecule has 2 aliphatic rings. The van der Waals surface area contributed by atoms with Crippen molar-refractivity contribution in [2.75, 3.05) is 25.0 Å². The van der Waals surface area contributed by atoms with E-state index in [1.54, 1.807) is 11.3 Å². The smallest absolute Gasteiger partial charge is 0.228 e. The average Bonchev–Trinajstić information content (AvgIpc) is 3.39. The fourth-order valence-electron chi connectivity index (χ4n) is 4.66. The van der Waals surface area contributed by atoms with Gasteiger partial charge in [0.25, 0.3) is 0 Å². The summed E-state index contributed by atoms with van der Waals surface area (Å²) in [5, 5.41) is 6.81. The molecule has 156 valence electrons. The van der Waals surface area contributed by atoms with E-state index < -0.39 is 0 Å². The maximum absolute atomic E-state index is 12.8. The maximum Gasteiger partial charge on any atom is 0.228 e. The highest BCUT2D eigenvalue weighted by molar-refractivity contribution is 7.09. The summed E-state index contributed by atoms with van der Waals surface area (Å²) in [6.07, 6.45) is 4.26. The topological polar surface area (TPSA) is 59.4 Å². The van der Waals surface area contributed by atoms with E-state index >= 15 is 0 Å². The van der Waals surface area contributed by atoms with Gasteiger partial charge in [-0.3, -0.25) is 4.79 Å². The molecule has 6 nitrogen and oxygen atoms in total. The van der Waals surface area contributed by atoms with Gasteiger partial charge in [0.1, 0.15) is 5.75 Å². The number of anilines is 1. The van der Waals surface area contributed by atoms with E-state index in [1.807, 2.05) is 30.2 Å². The molecule has 2 aliphatic heterocycles. The van der Waals surface area contributed by atoms with E-state index in [2.05, 4.69) is 45.3 Å². The molecule has 7 heteroatoms. The molecule has 5 rings (SSSR count). The van der Waals surface area contributed by atoms with Gasteiger partial charge in [-0.2, -0.15) is 0 Å². The standard InChI is InChI=1S/C23H26N4O2S/c1-3-29-18-6-7-20-19(14-18)25-23(21-5-4-10-27(20)21)8-11-26(12-9-23)22(28)13-17-15-30-16(2)24-17/h4-7,10,14-15,25H,3,8-9,11-13H2,1-2H3. The van der Waals surface area contributed by atoms with Gasteiger partial charge in [-0.05, 0) is 51.0 Å². The molecule has 0 unspecified atom stereocenters. The summed E-state index contributed by atoms with van der Waals surface area (Å²) in [7, 11) is 0. The van der Waals surface area contributed by atoms with Crippen LogP contribution >= 0.6 is 11.3 Å². The fourth-order valence-corrected chi connectivity index (χ4v) is 5.27. The Morgan fingerprint density at radius 1 is 1.30 bits per heavy atom. The van der Waals surface area contributed by atoms with E-state index in [9.17, 15) is 4.79 Å². The molecular formula is C23H26N4O2S. The van der Waals surface area contributed by atoms with Gasteiger partial charge < -0.3 is 19.5 Å². The zero-order valence-electron chi connectivity index (χ0n) is 17.4. The molecule has 0 aliphatic carbocycles. The summed E-state index contributed by atoms with van der Waals surface area (Å²) in [5.41, 5.74) is 4.20. The maximum atomic E-state index is 12.8. The van der Waals surface area contributed by atoms with E-state index in [4.69, 9.17) is 4.74 Å². The Kier molecular flexibility index (Phi) is 4.77. The highest BCUT2D eigenvalue weighted by Gasteiger charge is 2.42. The van der Waals surface area contributed by atoms with Crippen molar-refractivity contribution in [3.63, 3.8) is 0 Å². The van der Waals surface area contributed by atoms with Crippen molar-refractivity contribution >= 4 is 22.9 Å². The average molecular weight is 423 g/mol. The Balaban J connectivity index is 1.36. The van der Waals surface area contributed by atoms with Gasteiger partial charge in [-0.1, -0.05) is 0 Å². The number of nitrogens with one attached hydrogen (secondary N) is 1. The highest BCUT2D eigenvalue weighted by Crippen LogP contribution is 2.44. The van der Waals surface area contributed by atoms with Crippen molar-refractivity contribution in [1.29, 1.82) is 0 Å². The molecule has 1 spiro atoms. The molecule has 1 amide bonds. The first kappa shape index (κ1) is 19.2. The van der Waals surface area contributed by atoms with Crippen LogP contribution in [0.5, 0.6) is 5.75 Å². The number of amides is 1. The molecule has 4 heterocycles. The van der Waals surface area contributed by atoms with Crippen molar-refractivity contribution < 1.29 is 9.53 Å². The second-order valence-electron chi connectivity index (χ2n) is 8.00. The van der Waals surface area contributed by atoms with Crippen molar-refractivity contribution in [3.05, 3.63) is 58.3 Å². The molecule has 1 aromatic carbocycles. The first-order chi connectivity index (χ1) is 14.6. The summed E-state index contributed by atoms with van der Waals surface area (Å²) in [6, 6.07) is 10.5.